The Balaban J connectivity index is 2.86. The smallest absolute Gasteiger partial charge is 0.175 e. The molecule has 1 aromatic carbocycles. The van der Waals surface area contributed by atoms with Crippen LogP contribution in [0, 0.1) is 0 Å². The van der Waals surface area contributed by atoms with E-state index in [-0.39, 0.29) is 0 Å². The number of rotatable bonds is 7. The van der Waals surface area contributed by atoms with Crippen LogP contribution in [-0.4, -0.2) is 21.2 Å². The van der Waals surface area contributed by atoms with E-state index in [9.17, 15) is 8.42 Å². The Morgan fingerprint density at radius 1 is 1.17 bits per heavy atom. The van der Waals surface area contributed by atoms with Gasteiger partial charge in [-0.2, -0.15) is 0 Å². The fourth-order valence-electron chi connectivity index (χ4n) is 1.99. The molecular weight excluding hydrogens is 246 g/mol. The van der Waals surface area contributed by atoms with Crippen molar-refractivity contribution in [3.8, 4) is 0 Å². The highest BCUT2D eigenvalue weighted by Crippen LogP contribution is 2.21. The predicted molar refractivity (Wildman–Crippen MR) is 75.5 cm³/mol. The summed E-state index contributed by atoms with van der Waals surface area (Å²) >= 11 is 0. The first kappa shape index (κ1) is 15.2. The van der Waals surface area contributed by atoms with E-state index in [1.165, 1.54) is 19.1 Å². The van der Waals surface area contributed by atoms with Gasteiger partial charge in [-0.15, -0.1) is 0 Å². The van der Waals surface area contributed by atoms with E-state index in [1.54, 1.807) is 12.1 Å². The lowest BCUT2D eigenvalue weighted by atomic mass is 10.0. The van der Waals surface area contributed by atoms with E-state index in [1.807, 2.05) is 12.1 Å². The molecule has 18 heavy (non-hydrogen) atoms. The minimum absolute atomic E-state index is 0.323. The van der Waals surface area contributed by atoms with Crippen molar-refractivity contribution in [1.82, 2.24) is 5.32 Å². The van der Waals surface area contributed by atoms with Crippen LogP contribution in [0.5, 0.6) is 0 Å². The molecular formula is C14H23NO2S. The molecule has 0 saturated heterocycles. The molecule has 1 rings (SSSR count). The molecule has 0 aliphatic rings. The molecule has 4 heteroatoms. The summed E-state index contributed by atoms with van der Waals surface area (Å²) in [5.41, 5.74) is 1.16. The zero-order valence-corrected chi connectivity index (χ0v) is 12.3. The third-order valence-electron chi connectivity index (χ3n) is 3.01. The van der Waals surface area contributed by atoms with E-state index >= 15 is 0 Å². The maximum atomic E-state index is 11.4. The second kappa shape index (κ2) is 6.90. The molecule has 0 radical (unpaired) electrons. The second-order valence-corrected chi connectivity index (χ2v) is 6.61. The molecule has 0 fully saturated rings. The van der Waals surface area contributed by atoms with Gasteiger partial charge in [-0.25, -0.2) is 8.42 Å². The van der Waals surface area contributed by atoms with Crippen LogP contribution in [0.1, 0.15) is 44.7 Å². The summed E-state index contributed by atoms with van der Waals surface area (Å²) < 4.78 is 22.8. The third kappa shape index (κ3) is 4.42. The summed E-state index contributed by atoms with van der Waals surface area (Å²) in [7, 11) is -3.09. The van der Waals surface area contributed by atoms with Crippen molar-refractivity contribution in [3.05, 3.63) is 29.8 Å². The average Bonchev–Trinajstić information content (AvgIpc) is 2.33. The maximum Gasteiger partial charge on any atom is 0.175 e. The van der Waals surface area contributed by atoms with Gasteiger partial charge in [0.05, 0.1) is 4.90 Å². The van der Waals surface area contributed by atoms with E-state index < -0.39 is 9.84 Å². The fraction of sp³-hybridized carbons (Fsp3) is 0.571. The Morgan fingerprint density at radius 3 is 2.22 bits per heavy atom. The van der Waals surface area contributed by atoms with Crippen LogP contribution < -0.4 is 5.32 Å². The summed E-state index contributed by atoms with van der Waals surface area (Å²) in [6, 6.07) is 7.55. The lowest BCUT2D eigenvalue weighted by molar-refractivity contribution is 0.494. The number of sulfone groups is 1. The highest BCUT2D eigenvalue weighted by atomic mass is 32.2. The largest absolute Gasteiger partial charge is 0.310 e. The SMILES string of the molecule is CCCCC(NCC)c1ccc(S(C)(=O)=O)cc1. The number of hydrogen-bond acceptors (Lipinski definition) is 3. The summed E-state index contributed by atoms with van der Waals surface area (Å²) in [5.74, 6) is 0. The first-order valence-electron chi connectivity index (χ1n) is 6.52. The molecule has 0 heterocycles. The van der Waals surface area contributed by atoms with Gasteiger partial charge in [0.1, 0.15) is 0 Å². The minimum Gasteiger partial charge on any atom is -0.310 e. The van der Waals surface area contributed by atoms with Gasteiger partial charge in [0.25, 0.3) is 0 Å². The zero-order chi connectivity index (χ0) is 13.6. The first-order chi connectivity index (χ1) is 8.49. The molecule has 0 saturated carbocycles. The molecule has 0 amide bonds. The van der Waals surface area contributed by atoms with Gasteiger partial charge < -0.3 is 5.32 Å². The third-order valence-corrected chi connectivity index (χ3v) is 4.14. The van der Waals surface area contributed by atoms with Crippen LogP contribution in [0.15, 0.2) is 29.2 Å². The van der Waals surface area contributed by atoms with Crippen LogP contribution in [-0.2, 0) is 9.84 Å². The Hall–Kier alpha value is -0.870. The molecule has 0 aromatic heterocycles. The van der Waals surface area contributed by atoms with Crippen molar-refractivity contribution >= 4 is 9.84 Å². The molecule has 0 aliphatic heterocycles. The first-order valence-corrected chi connectivity index (χ1v) is 8.41. The van der Waals surface area contributed by atoms with Crippen LogP contribution in [0.2, 0.25) is 0 Å². The van der Waals surface area contributed by atoms with E-state index in [4.69, 9.17) is 0 Å². The standard InChI is InChI=1S/C14H23NO2S/c1-4-6-7-14(15-5-2)12-8-10-13(11-9-12)18(3,16)17/h8-11,14-15H,4-7H2,1-3H3. The molecule has 0 spiro atoms. The van der Waals surface area contributed by atoms with Gasteiger partial charge in [-0.3, -0.25) is 0 Å². The lowest BCUT2D eigenvalue weighted by Crippen LogP contribution is -2.20. The Morgan fingerprint density at radius 2 is 1.78 bits per heavy atom. The summed E-state index contributed by atoms with van der Waals surface area (Å²) in [4.78, 5) is 0.386. The van der Waals surface area contributed by atoms with Crippen molar-refractivity contribution in [1.29, 1.82) is 0 Å². The number of hydrogen-bond donors (Lipinski definition) is 1. The van der Waals surface area contributed by atoms with Gasteiger partial charge >= 0.3 is 0 Å². The molecule has 3 nitrogen and oxygen atoms in total. The number of unbranched alkanes of at least 4 members (excludes halogenated alkanes) is 1. The Labute approximate surface area is 111 Å². The average molecular weight is 269 g/mol. The topological polar surface area (TPSA) is 46.2 Å². The second-order valence-electron chi connectivity index (χ2n) is 4.59. The van der Waals surface area contributed by atoms with E-state index in [0.717, 1.165) is 18.5 Å². The Kier molecular flexibility index (Phi) is 5.82. The number of benzene rings is 1. The Bertz CT molecular complexity index is 451. The van der Waals surface area contributed by atoms with Crippen LogP contribution in [0.25, 0.3) is 0 Å². The highest BCUT2D eigenvalue weighted by Gasteiger charge is 2.11. The zero-order valence-electron chi connectivity index (χ0n) is 11.4. The molecule has 0 aliphatic carbocycles. The predicted octanol–water partition coefficient (Wildman–Crippen LogP) is 2.93. The van der Waals surface area contributed by atoms with E-state index in [0.29, 0.717) is 10.9 Å². The fourth-order valence-corrected chi connectivity index (χ4v) is 2.62. The van der Waals surface area contributed by atoms with Crippen LogP contribution >= 0.6 is 0 Å². The van der Waals surface area contributed by atoms with Gasteiger partial charge in [0.2, 0.25) is 0 Å². The summed E-state index contributed by atoms with van der Waals surface area (Å²) in [6.07, 6.45) is 4.66. The van der Waals surface area contributed by atoms with Crippen molar-refractivity contribution in [2.45, 2.75) is 44.0 Å². The molecule has 0 bridgehead atoms. The molecule has 1 atom stereocenters. The van der Waals surface area contributed by atoms with Crippen molar-refractivity contribution in [2.24, 2.45) is 0 Å². The van der Waals surface area contributed by atoms with Gasteiger partial charge in [-0.05, 0) is 30.7 Å². The normalized spacial score (nSPS) is 13.5. The van der Waals surface area contributed by atoms with Crippen molar-refractivity contribution in [2.75, 3.05) is 12.8 Å². The van der Waals surface area contributed by atoms with Crippen molar-refractivity contribution in [3.63, 3.8) is 0 Å². The highest BCUT2D eigenvalue weighted by molar-refractivity contribution is 7.90. The molecule has 1 N–H and O–H groups in total. The quantitative estimate of drug-likeness (QED) is 0.828. The monoisotopic (exact) mass is 269 g/mol. The molecule has 102 valence electrons. The van der Waals surface area contributed by atoms with Gasteiger partial charge in [0, 0.05) is 12.3 Å². The van der Waals surface area contributed by atoms with Gasteiger partial charge in [0.15, 0.2) is 9.84 Å². The van der Waals surface area contributed by atoms with Crippen molar-refractivity contribution < 1.29 is 8.42 Å². The lowest BCUT2D eigenvalue weighted by Gasteiger charge is -2.18. The number of nitrogens with one attached hydrogen (secondary N) is 1. The summed E-state index contributed by atoms with van der Waals surface area (Å²) in [6.45, 7) is 5.18. The molecule has 1 aromatic rings. The van der Waals surface area contributed by atoms with Crippen LogP contribution in [0.3, 0.4) is 0 Å². The van der Waals surface area contributed by atoms with E-state index in [2.05, 4.69) is 19.2 Å². The van der Waals surface area contributed by atoms with Gasteiger partial charge in [-0.1, -0.05) is 38.8 Å². The maximum absolute atomic E-state index is 11.4. The minimum atomic E-state index is -3.09. The summed E-state index contributed by atoms with van der Waals surface area (Å²) in [5, 5.41) is 3.44. The van der Waals surface area contributed by atoms with Crippen LogP contribution in [0.4, 0.5) is 0 Å². The molecule has 1 unspecified atom stereocenters.